The van der Waals surface area contributed by atoms with Gasteiger partial charge in [0.05, 0.1) is 0 Å². The number of nitrogens with one attached hydrogen (secondary N) is 3. The number of amides is 1. The molecule has 1 heterocycles. The lowest BCUT2D eigenvalue weighted by Crippen LogP contribution is -2.43. The number of nitrogens with zero attached hydrogens (tertiary/aromatic N) is 2. The Bertz CT molecular complexity index is 725. The van der Waals surface area contributed by atoms with E-state index in [9.17, 15) is 4.79 Å². The average Bonchev–Trinajstić information content (AvgIpc) is 3.27. The van der Waals surface area contributed by atoms with Crippen molar-refractivity contribution in [3.05, 3.63) is 36.0 Å². The van der Waals surface area contributed by atoms with Crippen LogP contribution in [0.1, 0.15) is 31.4 Å². The Morgan fingerprint density at radius 3 is 2.77 bits per heavy atom. The van der Waals surface area contributed by atoms with Crippen molar-refractivity contribution in [2.24, 2.45) is 4.99 Å². The van der Waals surface area contributed by atoms with Crippen molar-refractivity contribution < 1.29 is 4.79 Å². The quantitative estimate of drug-likeness (QED) is 0.550. The zero-order valence-electron chi connectivity index (χ0n) is 15.7. The van der Waals surface area contributed by atoms with Crippen LogP contribution in [-0.4, -0.2) is 55.0 Å². The number of rotatable bonds is 6. The number of likely N-dealkylation sites (N-methyl/N-ethyl adjacent to an activating group) is 1. The first-order valence-electron chi connectivity index (χ1n) is 9.43. The van der Waals surface area contributed by atoms with Gasteiger partial charge in [-0.15, -0.1) is 0 Å². The second kappa shape index (κ2) is 8.74. The van der Waals surface area contributed by atoms with Crippen LogP contribution in [0.15, 0.2) is 35.3 Å². The minimum atomic E-state index is 0.00754. The molecule has 0 saturated heterocycles. The summed E-state index contributed by atoms with van der Waals surface area (Å²) in [6, 6.07) is 10.9. The number of aromatic amines is 1. The maximum atomic E-state index is 11.8. The number of fused-ring (bicyclic) bond motifs is 1. The van der Waals surface area contributed by atoms with E-state index in [0.717, 1.165) is 24.4 Å². The number of benzene rings is 1. The second-order valence-corrected chi connectivity index (χ2v) is 7.14. The number of para-hydroxylation sites is 1. The monoisotopic (exact) mass is 355 g/mol. The van der Waals surface area contributed by atoms with Crippen LogP contribution in [0.2, 0.25) is 0 Å². The number of hydrogen-bond acceptors (Lipinski definition) is 2. The lowest BCUT2D eigenvalue weighted by Gasteiger charge is -2.17. The highest BCUT2D eigenvalue weighted by atomic mass is 16.2. The van der Waals surface area contributed by atoms with Gasteiger partial charge in [0.15, 0.2) is 5.96 Å². The largest absolute Gasteiger partial charge is 0.358 e. The number of carbonyl (C=O) groups is 1. The van der Waals surface area contributed by atoms with Crippen molar-refractivity contribution in [3.63, 3.8) is 0 Å². The smallest absolute Gasteiger partial charge is 0.243 e. The van der Waals surface area contributed by atoms with Crippen LogP contribution in [-0.2, 0) is 11.2 Å². The summed E-state index contributed by atoms with van der Waals surface area (Å²) in [7, 11) is 3.51. The summed E-state index contributed by atoms with van der Waals surface area (Å²) in [6.07, 6.45) is 5.74. The Morgan fingerprint density at radius 1 is 1.27 bits per heavy atom. The highest BCUT2D eigenvalue weighted by Crippen LogP contribution is 2.17. The maximum absolute atomic E-state index is 11.8. The molecule has 0 unspecified atom stereocenters. The lowest BCUT2D eigenvalue weighted by molar-refractivity contribution is -0.127. The van der Waals surface area contributed by atoms with Crippen LogP contribution in [0, 0.1) is 0 Å². The van der Waals surface area contributed by atoms with Crippen molar-refractivity contribution in [1.29, 1.82) is 0 Å². The number of carbonyl (C=O) groups excluding carboxylic acids is 1. The molecule has 1 aromatic heterocycles. The number of H-pyrrole nitrogens is 1. The predicted octanol–water partition coefficient (Wildman–Crippen LogP) is 2.28. The van der Waals surface area contributed by atoms with Crippen molar-refractivity contribution in [2.45, 2.75) is 38.1 Å². The average molecular weight is 355 g/mol. The van der Waals surface area contributed by atoms with Gasteiger partial charge in [0.1, 0.15) is 6.54 Å². The third-order valence-electron chi connectivity index (χ3n) is 4.84. The third-order valence-corrected chi connectivity index (χ3v) is 4.84. The molecule has 1 aliphatic carbocycles. The molecule has 1 aromatic carbocycles. The number of aromatic nitrogens is 1. The summed E-state index contributed by atoms with van der Waals surface area (Å²) in [5.41, 5.74) is 2.36. The summed E-state index contributed by atoms with van der Waals surface area (Å²) in [6.45, 7) is 0.934. The van der Waals surface area contributed by atoms with Crippen LogP contribution in [0.3, 0.4) is 0 Å². The number of aliphatic imine (C=N–C) groups is 1. The molecular formula is C20H29N5O. The van der Waals surface area contributed by atoms with Crippen molar-refractivity contribution in [1.82, 2.24) is 20.5 Å². The molecule has 6 nitrogen and oxygen atoms in total. The molecule has 6 heteroatoms. The van der Waals surface area contributed by atoms with Crippen LogP contribution >= 0.6 is 0 Å². The van der Waals surface area contributed by atoms with E-state index >= 15 is 0 Å². The van der Waals surface area contributed by atoms with Gasteiger partial charge in [-0.2, -0.15) is 0 Å². The van der Waals surface area contributed by atoms with E-state index in [1.807, 2.05) is 6.07 Å². The first kappa shape index (κ1) is 18.3. The molecule has 1 fully saturated rings. The van der Waals surface area contributed by atoms with Crippen LogP contribution in [0.25, 0.3) is 10.9 Å². The maximum Gasteiger partial charge on any atom is 0.243 e. The van der Waals surface area contributed by atoms with E-state index < -0.39 is 0 Å². The first-order chi connectivity index (χ1) is 12.6. The highest BCUT2D eigenvalue weighted by Gasteiger charge is 2.16. The Morgan fingerprint density at radius 2 is 2.04 bits per heavy atom. The Hall–Kier alpha value is -2.50. The molecule has 0 bridgehead atoms. The number of hydrogen-bond donors (Lipinski definition) is 3. The van der Waals surface area contributed by atoms with Crippen molar-refractivity contribution >= 4 is 22.8 Å². The fraction of sp³-hybridized carbons (Fsp3) is 0.500. The Labute approximate surface area is 155 Å². The van der Waals surface area contributed by atoms with E-state index in [4.69, 9.17) is 0 Å². The molecule has 0 spiro atoms. The van der Waals surface area contributed by atoms with Gasteiger partial charge in [0.25, 0.3) is 0 Å². The van der Waals surface area contributed by atoms with E-state index in [0.29, 0.717) is 6.04 Å². The molecule has 0 aliphatic heterocycles. The van der Waals surface area contributed by atoms with Crippen molar-refractivity contribution in [2.75, 3.05) is 27.2 Å². The van der Waals surface area contributed by atoms with Gasteiger partial charge in [-0.1, -0.05) is 31.0 Å². The fourth-order valence-electron chi connectivity index (χ4n) is 3.29. The Balaban J connectivity index is 1.56. The van der Waals surface area contributed by atoms with E-state index in [-0.39, 0.29) is 12.5 Å². The topological polar surface area (TPSA) is 72.5 Å². The highest BCUT2D eigenvalue weighted by molar-refractivity contribution is 5.85. The fourth-order valence-corrected chi connectivity index (χ4v) is 3.29. The number of guanidine groups is 1. The van der Waals surface area contributed by atoms with Crippen LogP contribution in [0.5, 0.6) is 0 Å². The minimum absolute atomic E-state index is 0.00754. The molecule has 0 atom stereocenters. The summed E-state index contributed by atoms with van der Waals surface area (Å²) in [5.74, 6) is 0.747. The van der Waals surface area contributed by atoms with Gasteiger partial charge < -0.3 is 20.5 Å². The van der Waals surface area contributed by atoms with Gasteiger partial charge in [0, 0.05) is 44.3 Å². The van der Waals surface area contributed by atoms with Gasteiger partial charge in [-0.3, -0.25) is 4.79 Å². The predicted molar refractivity (Wildman–Crippen MR) is 106 cm³/mol. The summed E-state index contributed by atoms with van der Waals surface area (Å²) in [5, 5.41) is 8.10. The molecule has 1 saturated carbocycles. The molecule has 3 rings (SSSR count). The molecule has 0 radical (unpaired) electrons. The van der Waals surface area contributed by atoms with Crippen LogP contribution < -0.4 is 10.6 Å². The minimum Gasteiger partial charge on any atom is -0.358 e. The molecule has 3 N–H and O–H groups in total. The van der Waals surface area contributed by atoms with Crippen molar-refractivity contribution in [3.8, 4) is 0 Å². The summed E-state index contributed by atoms with van der Waals surface area (Å²) < 4.78 is 0. The molecular weight excluding hydrogens is 326 g/mol. The van der Waals surface area contributed by atoms with E-state index in [1.54, 1.807) is 19.0 Å². The van der Waals surface area contributed by atoms with Crippen LogP contribution in [0.4, 0.5) is 0 Å². The SMILES string of the molecule is CN(C)C(=O)CN=C(NCCc1cc2ccccc2[nH]1)NC1CCCC1. The van der Waals surface area contributed by atoms with Gasteiger partial charge in [-0.25, -0.2) is 4.99 Å². The molecule has 1 aliphatic rings. The zero-order valence-corrected chi connectivity index (χ0v) is 15.7. The molecule has 1 amide bonds. The third kappa shape index (κ3) is 5.00. The normalized spacial score (nSPS) is 15.4. The van der Waals surface area contributed by atoms with E-state index in [1.165, 1.54) is 36.8 Å². The first-order valence-corrected chi connectivity index (χ1v) is 9.43. The van der Waals surface area contributed by atoms with Gasteiger partial charge in [-0.05, 0) is 30.4 Å². The lowest BCUT2D eigenvalue weighted by atomic mass is 10.2. The second-order valence-electron chi connectivity index (χ2n) is 7.14. The summed E-state index contributed by atoms with van der Waals surface area (Å²) in [4.78, 5) is 21.3. The van der Waals surface area contributed by atoms with Gasteiger partial charge >= 0.3 is 0 Å². The standard InChI is InChI=1S/C20H29N5O/c1-25(2)19(26)14-22-20(24-16-8-4-5-9-16)21-12-11-17-13-15-7-3-6-10-18(15)23-17/h3,6-7,10,13,16,23H,4-5,8-9,11-12,14H2,1-2H3,(H2,21,22,24). The van der Waals surface area contributed by atoms with E-state index in [2.05, 4.69) is 44.9 Å². The molecule has 2 aromatic rings. The van der Waals surface area contributed by atoms with Gasteiger partial charge in [0.2, 0.25) is 5.91 Å². The summed E-state index contributed by atoms with van der Waals surface area (Å²) >= 11 is 0. The molecule has 26 heavy (non-hydrogen) atoms. The molecule has 140 valence electrons. The Kier molecular flexibility index (Phi) is 6.15. The zero-order chi connectivity index (χ0) is 18.4.